The summed E-state index contributed by atoms with van der Waals surface area (Å²) in [5.41, 5.74) is 0.757. The number of anilines is 1. The monoisotopic (exact) mass is 234 g/mol. The third-order valence-corrected chi connectivity index (χ3v) is 2.71. The summed E-state index contributed by atoms with van der Waals surface area (Å²) in [4.78, 5) is 24.8. The molecule has 0 saturated carbocycles. The summed E-state index contributed by atoms with van der Waals surface area (Å²) in [5.74, 6) is -0.426. The van der Waals surface area contributed by atoms with Crippen molar-refractivity contribution in [2.24, 2.45) is 7.05 Å². The summed E-state index contributed by atoms with van der Waals surface area (Å²) >= 11 is 0. The Bertz CT molecular complexity index is 466. The highest BCUT2D eigenvalue weighted by Gasteiger charge is 2.33. The minimum absolute atomic E-state index is 0.104. The second kappa shape index (κ2) is 4.40. The van der Waals surface area contributed by atoms with Crippen LogP contribution in [-0.4, -0.2) is 34.2 Å². The number of carbonyl (C=O) groups is 2. The van der Waals surface area contributed by atoms with E-state index >= 15 is 0 Å². The fraction of sp³-hybridized carbons (Fsp3) is 0.364. The zero-order valence-electron chi connectivity index (χ0n) is 9.59. The van der Waals surface area contributed by atoms with Crippen molar-refractivity contribution in [1.82, 2.24) is 15.1 Å². The third-order valence-electron chi connectivity index (χ3n) is 2.71. The van der Waals surface area contributed by atoms with Gasteiger partial charge in [0, 0.05) is 19.8 Å². The fourth-order valence-corrected chi connectivity index (χ4v) is 1.85. The lowest BCUT2D eigenvalue weighted by Gasteiger charge is -2.14. The molecule has 0 aromatic carbocycles. The normalized spacial score (nSPS) is 19.5. The summed E-state index contributed by atoms with van der Waals surface area (Å²) in [7, 11) is 1.79. The smallest absolute Gasteiger partial charge is 0.249 e. The van der Waals surface area contributed by atoms with Crippen LogP contribution in [0.2, 0.25) is 0 Å². The van der Waals surface area contributed by atoms with Crippen LogP contribution in [0, 0.1) is 0 Å². The number of amides is 2. The summed E-state index contributed by atoms with van der Waals surface area (Å²) < 4.78 is 1.64. The molecule has 1 saturated heterocycles. The fourth-order valence-electron chi connectivity index (χ4n) is 1.85. The Morgan fingerprint density at radius 3 is 3.06 bits per heavy atom. The van der Waals surface area contributed by atoms with Crippen LogP contribution in [0.3, 0.4) is 0 Å². The molecule has 1 aromatic rings. The highest BCUT2D eigenvalue weighted by atomic mass is 16.2. The Morgan fingerprint density at radius 1 is 1.71 bits per heavy atom. The molecule has 1 fully saturated rings. The highest BCUT2D eigenvalue weighted by molar-refractivity contribution is 6.02. The van der Waals surface area contributed by atoms with E-state index in [1.165, 1.54) is 6.08 Å². The van der Waals surface area contributed by atoms with Crippen molar-refractivity contribution < 1.29 is 9.59 Å². The molecule has 1 aliphatic heterocycles. The number of hydrogen-bond acceptors (Lipinski definition) is 3. The number of hydrogen-bond donors (Lipinski definition) is 1. The molecule has 2 amide bonds. The molecular weight excluding hydrogens is 220 g/mol. The Kier molecular flexibility index (Phi) is 2.95. The van der Waals surface area contributed by atoms with Gasteiger partial charge in [-0.1, -0.05) is 6.58 Å². The SMILES string of the molecule is C=CC(=O)NC1CCN(c2cnn(C)c2)C1=O. The molecule has 0 aliphatic carbocycles. The van der Waals surface area contributed by atoms with Crippen molar-refractivity contribution in [3.8, 4) is 0 Å². The molecule has 1 aliphatic rings. The van der Waals surface area contributed by atoms with E-state index in [4.69, 9.17) is 0 Å². The van der Waals surface area contributed by atoms with Crippen molar-refractivity contribution in [3.05, 3.63) is 25.0 Å². The first-order valence-electron chi connectivity index (χ1n) is 5.35. The lowest BCUT2D eigenvalue weighted by molar-refractivity contribution is -0.123. The van der Waals surface area contributed by atoms with Gasteiger partial charge in [0.25, 0.3) is 0 Å². The van der Waals surface area contributed by atoms with Gasteiger partial charge in [-0.05, 0) is 12.5 Å². The molecule has 90 valence electrons. The summed E-state index contributed by atoms with van der Waals surface area (Å²) in [6.07, 6.45) is 5.18. The van der Waals surface area contributed by atoms with Crippen molar-refractivity contribution in [3.63, 3.8) is 0 Å². The summed E-state index contributed by atoms with van der Waals surface area (Å²) in [6.45, 7) is 3.95. The number of aromatic nitrogens is 2. The van der Waals surface area contributed by atoms with Crippen molar-refractivity contribution in [2.75, 3.05) is 11.4 Å². The standard InChI is InChI=1S/C11H14N4O2/c1-3-10(16)13-9-4-5-15(11(9)17)8-6-12-14(2)7-8/h3,6-7,9H,1,4-5H2,2H3,(H,13,16). The maximum Gasteiger partial charge on any atom is 0.249 e. The molecule has 6 heteroatoms. The third kappa shape index (κ3) is 2.20. The van der Waals surface area contributed by atoms with Crippen LogP contribution in [0.4, 0.5) is 5.69 Å². The predicted molar refractivity (Wildman–Crippen MR) is 62.3 cm³/mol. The summed E-state index contributed by atoms with van der Waals surface area (Å²) in [5, 5.41) is 6.63. The van der Waals surface area contributed by atoms with Crippen LogP contribution in [-0.2, 0) is 16.6 Å². The van der Waals surface area contributed by atoms with Crippen molar-refractivity contribution in [1.29, 1.82) is 0 Å². The van der Waals surface area contributed by atoms with Crippen LogP contribution < -0.4 is 10.2 Å². The first kappa shape index (κ1) is 11.4. The van der Waals surface area contributed by atoms with E-state index in [0.717, 1.165) is 5.69 Å². The Morgan fingerprint density at radius 2 is 2.47 bits per heavy atom. The van der Waals surface area contributed by atoms with E-state index in [1.54, 1.807) is 29.0 Å². The molecule has 1 unspecified atom stereocenters. The van der Waals surface area contributed by atoms with Gasteiger partial charge in [0.1, 0.15) is 6.04 Å². The topological polar surface area (TPSA) is 67.2 Å². The summed E-state index contributed by atoms with van der Waals surface area (Å²) in [6, 6.07) is -0.458. The van der Waals surface area contributed by atoms with E-state index in [2.05, 4.69) is 17.0 Å². The first-order valence-corrected chi connectivity index (χ1v) is 5.35. The number of carbonyl (C=O) groups excluding carboxylic acids is 2. The molecule has 0 radical (unpaired) electrons. The molecule has 1 N–H and O–H groups in total. The van der Waals surface area contributed by atoms with Gasteiger partial charge < -0.3 is 10.2 Å². The number of nitrogens with one attached hydrogen (secondary N) is 1. The van der Waals surface area contributed by atoms with Gasteiger partial charge in [-0.3, -0.25) is 14.3 Å². The molecule has 0 bridgehead atoms. The molecule has 1 atom stereocenters. The zero-order valence-corrected chi connectivity index (χ0v) is 9.59. The van der Waals surface area contributed by atoms with Crippen LogP contribution in [0.5, 0.6) is 0 Å². The number of rotatable bonds is 3. The van der Waals surface area contributed by atoms with Gasteiger partial charge in [-0.2, -0.15) is 5.10 Å². The minimum Gasteiger partial charge on any atom is -0.341 e. The molecule has 2 rings (SSSR count). The zero-order chi connectivity index (χ0) is 12.4. The van der Waals surface area contributed by atoms with E-state index in [1.807, 2.05) is 0 Å². The number of aryl methyl sites for hydroxylation is 1. The minimum atomic E-state index is -0.458. The van der Waals surface area contributed by atoms with Gasteiger partial charge in [0.2, 0.25) is 11.8 Å². The van der Waals surface area contributed by atoms with Crippen molar-refractivity contribution >= 4 is 17.5 Å². The van der Waals surface area contributed by atoms with Gasteiger partial charge in [0.15, 0.2) is 0 Å². The average molecular weight is 234 g/mol. The number of nitrogens with zero attached hydrogens (tertiary/aromatic N) is 3. The molecule has 6 nitrogen and oxygen atoms in total. The van der Waals surface area contributed by atoms with Gasteiger partial charge in [-0.15, -0.1) is 0 Å². The Labute approximate surface area is 98.9 Å². The molecule has 1 aromatic heterocycles. The molecule has 2 heterocycles. The quantitative estimate of drug-likeness (QED) is 0.738. The van der Waals surface area contributed by atoms with Gasteiger partial charge in [-0.25, -0.2) is 0 Å². The molecular formula is C11H14N4O2. The Hall–Kier alpha value is -2.11. The first-order chi connectivity index (χ1) is 8.11. The van der Waals surface area contributed by atoms with Crippen molar-refractivity contribution in [2.45, 2.75) is 12.5 Å². The van der Waals surface area contributed by atoms with E-state index in [0.29, 0.717) is 13.0 Å². The maximum atomic E-state index is 12.0. The van der Waals surface area contributed by atoms with Gasteiger partial charge >= 0.3 is 0 Å². The van der Waals surface area contributed by atoms with Crippen LogP contribution in [0.1, 0.15) is 6.42 Å². The van der Waals surface area contributed by atoms with Crippen LogP contribution in [0.15, 0.2) is 25.0 Å². The van der Waals surface area contributed by atoms with E-state index in [9.17, 15) is 9.59 Å². The Balaban J connectivity index is 2.07. The van der Waals surface area contributed by atoms with Gasteiger partial charge in [0.05, 0.1) is 11.9 Å². The molecule has 0 spiro atoms. The van der Waals surface area contributed by atoms with E-state index in [-0.39, 0.29) is 11.8 Å². The van der Waals surface area contributed by atoms with Crippen LogP contribution >= 0.6 is 0 Å². The lowest BCUT2D eigenvalue weighted by Crippen LogP contribution is -2.40. The maximum absolute atomic E-state index is 12.0. The van der Waals surface area contributed by atoms with E-state index < -0.39 is 6.04 Å². The second-order valence-corrected chi connectivity index (χ2v) is 3.92. The highest BCUT2D eigenvalue weighted by Crippen LogP contribution is 2.20. The largest absolute Gasteiger partial charge is 0.341 e. The van der Waals surface area contributed by atoms with Crippen LogP contribution in [0.25, 0.3) is 0 Å². The predicted octanol–water partition coefficient (Wildman–Crippen LogP) is -0.172. The molecule has 17 heavy (non-hydrogen) atoms. The lowest BCUT2D eigenvalue weighted by atomic mass is 10.2. The second-order valence-electron chi connectivity index (χ2n) is 3.92. The average Bonchev–Trinajstić information content (AvgIpc) is 2.87.